The highest BCUT2D eigenvalue weighted by Crippen LogP contribution is 2.53. The van der Waals surface area contributed by atoms with Crippen molar-refractivity contribution in [2.24, 2.45) is 29.6 Å². The normalized spacial score (nSPS) is 20.6. The van der Waals surface area contributed by atoms with Crippen LogP contribution in [0.25, 0.3) is 66.4 Å². The van der Waals surface area contributed by atoms with E-state index in [1.165, 1.54) is 44.9 Å². The number of rotatable bonds is 19. The smallest absolute Gasteiger partial charge is 0.323 e. The van der Waals surface area contributed by atoms with Gasteiger partial charge in [-0.1, -0.05) is 241 Å². The average Bonchev–Trinajstić information content (AvgIpc) is 1.60. The Bertz CT molecular complexity index is 7350. The number of hydrogen-bond acceptors (Lipinski definition) is 20. The van der Waals surface area contributed by atoms with Gasteiger partial charge in [-0.3, -0.25) is 96.3 Å². The largest absolute Gasteiger partial charge is 0.480 e. The van der Waals surface area contributed by atoms with E-state index in [1.807, 2.05) is 152 Å². The molecular weight excluding hydrogens is 1980 g/mol. The third-order valence-corrected chi connectivity index (χ3v) is 33.7. The molecule has 0 radical (unpaired) electrons. The summed E-state index contributed by atoms with van der Waals surface area (Å²) in [6.07, 6.45) is 28.2. The quantitative estimate of drug-likeness (QED) is 0.0431. The summed E-state index contributed by atoms with van der Waals surface area (Å²) in [4.78, 5) is 212. The topological polar surface area (TPSA) is 380 Å². The maximum atomic E-state index is 13.9. The Morgan fingerprint density at radius 3 is 0.867 bits per heavy atom. The number of anilines is 4. The van der Waals surface area contributed by atoms with Crippen molar-refractivity contribution >= 4 is 195 Å². The van der Waals surface area contributed by atoms with Crippen molar-refractivity contribution in [3.8, 4) is 57.1 Å². The lowest BCUT2D eigenvalue weighted by atomic mass is 9.89. The predicted octanol–water partition coefficient (Wildman–Crippen LogP) is 21.9. The van der Waals surface area contributed by atoms with Gasteiger partial charge < -0.3 is 40.0 Å². The molecule has 22 rings (SSSR count). The SMILES string of the molecule is O=C(O)CN1C(=O)S/C(=C2\C(=O)N(CC3CCCCC3)c3ccc(-c4ccc(-c5ccccc5)cc4)cc32)C1=O.O=C(O)CN1C(=O)S/C(=C2\C(=O)N(CC3CCCCC3)c3ccc(-c4ccc5ccccc5c4)cc32)C1=O.O=C(O)CN1C(=O)S/C(=C2\C(=O)N(CC3CCCCC3)c3ccc(C#CC4CCCCC4)cc32)C1=O.O=C(O)CN1C(=O)S/C(=C2\C(=O)N(CC3CCCCC3)c3ccc(C#Cc4ccccc4)cc32)C1=O. The highest BCUT2D eigenvalue weighted by Gasteiger charge is 2.51. The van der Waals surface area contributed by atoms with E-state index in [0.717, 1.165) is 188 Å². The molecule has 28 nitrogen and oxygen atoms in total. The van der Waals surface area contributed by atoms with Gasteiger partial charge in [0.15, 0.2) is 0 Å². The summed E-state index contributed by atoms with van der Waals surface area (Å²) in [5.41, 5.74) is 14.2. The van der Waals surface area contributed by atoms with E-state index in [2.05, 4.69) is 66.1 Å². The van der Waals surface area contributed by atoms with Gasteiger partial charge in [0.2, 0.25) is 0 Å². The molecule has 0 unspecified atom stereocenters. The lowest BCUT2D eigenvalue weighted by Gasteiger charge is -2.27. The van der Waals surface area contributed by atoms with Crippen LogP contribution in [0.4, 0.5) is 41.9 Å². The number of carbonyl (C=O) groups excluding carboxylic acids is 12. The molecule has 9 aromatic rings. The number of benzene rings is 9. The van der Waals surface area contributed by atoms with E-state index in [9.17, 15) is 86.9 Å². The summed E-state index contributed by atoms with van der Waals surface area (Å²) in [6.45, 7) is -0.695. The van der Waals surface area contributed by atoms with Gasteiger partial charge in [-0.15, -0.1) is 0 Å². The molecule has 9 aromatic carbocycles. The first-order chi connectivity index (χ1) is 72.6. The van der Waals surface area contributed by atoms with Gasteiger partial charge in [0.25, 0.3) is 68.2 Å². The number of thioether (sulfide) groups is 4. The number of carbonyl (C=O) groups is 16. The predicted molar refractivity (Wildman–Crippen MR) is 578 cm³/mol. The fourth-order valence-corrected chi connectivity index (χ4v) is 25.9. The Hall–Kier alpha value is -15.0. The lowest BCUT2D eigenvalue weighted by molar-refractivity contribution is -0.141. The van der Waals surface area contributed by atoms with Crippen molar-refractivity contribution in [2.45, 2.75) is 161 Å². The van der Waals surface area contributed by atoms with Gasteiger partial charge in [0.05, 0.1) is 64.7 Å². The minimum absolute atomic E-state index is 0.000203. The number of imide groups is 4. The van der Waals surface area contributed by atoms with E-state index in [0.29, 0.717) is 156 Å². The molecular formula is C118H108N8O20S4. The molecule has 4 N–H and O–H groups in total. The van der Waals surface area contributed by atoms with Crippen LogP contribution in [0.5, 0.6) is 0 Å². The zero-order valence-electron chi connectivity index (χ0n) is 82.3. The molecule has 0 spiro atoms. The number of carboxylic acid groups (broad SMARTS) is 4. The van der Waals surface area contributed by atoms with E-state index >= 15 is 0 Å². The standard InChI is InChI=1S/C32H28N2O5S.C30H26N2O5S.C28H30N2O5S.C28H24N2O5S/c35-27(36)19-34-31(38)29(40-32(34)39)28-25-17-24(23-13-11-22(12-14-23)21-9-5-2-6-10-21)15-16-26(25)33(30(28)37)18-20-7-3-1-4-8-20;33-25(34)17-32-29(36)27(38-30(32)37)26-23-15-22(21-11-10-19-8-4-5-9-20(19)14-21)12-13-24(23)31(28(26)35)16-18-6-2-1-3-7-18;2*31-23(32)17-30-27(34)25(36-28(30)35)24-21-15-19(12-11-18-7-3-1-4-8-18)13-14-22(21)29(26(24)33)16-20-9-5-2-6-10-20/h2,5-6,9-17,20H,1,3-4,7-8,18-19H2,(H,35,36);4-5,8-15,18H,1-3,6-7,16-17H2,(H,33,34);13-15,18,20H,1-10,16-17H2,(H,31,32);1,3-4,7-8,13-15,20H,2,5-6,9-10,16-17H2,(H,31,32)/b29-28-;27-26-;2*25-24-. The van der Waals surface area contributed by atoms with Crippen LogP contribution in [0.3, 0.4) is 0 Å². The molecule has 5 aliphatic carbocycles. The fraction of sp³-hybridized carbons (Fsp3) is 0.322. The second-order valence-electron chi connectivity index (χ2n) is 39.8. The summed E-state index contributed by atoms with van der Waals surface area (Å²) in [6, 6.07) is 64.8. The van der Waals surface area contributed by atoms with Gasteiger partial charge >= 0.3 is 23.9 Å². The molecule has 5 saturated carbocycles. The highest BCUT2D eigenvalue weighted by atomic mass is 32.2. The van der Waals surface area contributed by atoms with Gasteiger partial charge in [0, 0.05) is 71.0 Å². The Balaban J connectivity index is 0.000000126. The number of aliphatic carboxylic acids is 4. The number of nitrogens with zero attached hydrogens (tertiary/aromatic N) is 8. The van der Waals surface area contributed by atoms with Crippen LogP contribution in [-0.2, 0) is 57.5 Å². The minimum atomic E-state index is -1.29. The molecule has 32 heteroatoms. The fourth-order valence-electron chi connectivity index (χ4n) is 22.2. The van der Waals surface area contributed by atoms with E-state index in [4.69, 9.17) is 10.2 Å². The Kier molecular flexibility index (Phi) is 31.8. The molecule has 0 bridgehead atoms. The average molecular weight is 2090 g/mol. The zero-order valence-corrected chi connectivity index (χ0v) is 85.6. The van der Waals surface area contributed by atoms with Gasteiger partial charge in [-0.25, -0.2) is 0 Å². The molecule has 8 aliphatic heterocycles. The first kappa shape index (κ1) is 104. The van der Waals surface area contributed by atoms with Gasteiger partial charge in [0.1, 0.15) is 26.2 Å². The first-order valence-electron chi connectivity index (χ1n) is 51.2. The number of fused-ring (bicyclic) bond motifs is 5. The Labute approximate surface area is 883 Å². The summed E-state index contributed by atoms with van der Waals surface area (Å²) in [5, 5.41) is 36.2. The molecule has 150 heavy (non-hydrogen) atoms. The molecule has 0 atom stereocenters. The summed E-state index contributed by atoms with van der Waals surface area (Å²) >= 11 is 2.56. The third kappa shape index (κ3) is 22.5. The van der Waals surface area contributed by atoms with Crippen LogP contribution in [-0.4, -0.2) is 184 Å². The van der Waals surface area contributed by atoms with Crippen molar-refractivity contribution in [3.05, 3.63) is 259 Å². The molecule has 9 fully saturated rings. The van der Waals surface area contributed by atoms with Crippen molar-refractivity contribution in [1.82, 2.24) is 19.6 Å². The number of amides is 12. The third-order valence-electron chi connectivity index (χ3n) is 29.8. The van der Waals surface area contributed by atoms with E-state index in [-0.39, 0.29) is 65.5 Å². The Morgan fingerprint density at radius 1 is 0.247 bits per heavy atom. The van der Waals surface area contributed by atoms with Crippen LogP contribution in [0.1, 0.15) is 199 Å². The van der Waals surface area contributed by atoms with Gasteiger partial charge in [-0.2, -0.15) is 0 Å². The second-order valence-corrected chi connectivity index (χ2v) is 43.6. The van der Waals surface area contributed by atoms with Crippen LogP contribution in [0.2, 0.25) is 0 Å². The van der Waals surface area contributed by atoms with Crippen LogP contribution >= 0.6 is 47.0 Å². The van der Waals surface area contributed by atoms with Crippen molar-refractivity contribution in [3.63, 3.8) is 0 Å². The van der Waals surface area contributed by atoms with Crippen molar-refractivity contribution < 1.29 is 97.1 Å². The second kappa shape index (κ2) is 46.0. The van der Waals surface area contributed by atoms with Crippen molar-refractivity contribution in [2.75, 3.05) is 72.0 Å². The van der Waals surface area contributed by atoms with Crippen molar-refractivity contribution in [1.29, 1.82) is 0 Å². The zero-order chi connectivity index (χ0) is 105. The highest BCUT2D eigenvalue weighted by molar-refractivity contribution is 8.19. The molecule has 764 valence electrons. The van der Waals surface area contributed by atoms with Crippen LogP contribution in [0, 0.1) is 53.3 Å². The van der Waals surface area contributed by atoms with E-state index in [1.54, 1.807) is 25.7 Å². The number of hydrogen-bond donors (Lipinski definition) is 4. The molecule has 13 aliphatic rings. The number of carboxylic acids is 4. The monoisotopic (exact) mass is 2080 g/mol. The van der Waals surface area contributed by atoms with Crippen LogP contribution in [0.15, 0.2) is 220 Å². The first-order valence-corrected chi connectivity index (χ1v) is 54.5. The van der Waals surface area contributed by atoms with Crippen LogP contribution < -0.4 is 19.6 Å². The van der Waals surface area contributed by atoms with Gasteiger partial charge in [-0.05, 0) is 258 Å². The minimum Gasteiger partial charge on any atom is -0.480 e. The molecule has 4 saturated heterocycles. The summed E-state index contributed by atoms with van der Waals surface area (Å²) in [7, 11) is 0. The summed E-state index contributed by atoms with van der Waals surface area (Å²) in [5.74, 6) is 5.46. The maximum absolute atomic E-state index is 13.9. The summed E-state index contributed by atoms with van der Waals surface area (Å²) < 4.78 is 0. The maximum Gasteiger partial charge on any atom is 0.323 e. The molecule has 0 aromatic heterocycles. The lowest BCUT2D eigenvalue weighted by Crippen LogP contribution is -2.34. The molecule has 8 heterocycles. The molecule has 12 amide bonds. The van der Waals surface area contributed by atoms with E-state index < -0.39 is 94.6 Å². The Morgan fingerprint density at radius 2 is 0.513 bits per heavy atom.